The number of benzene rings is 2. The van der Waals surface area contributed by atoms with Crippen LogP contribution in [0.25, 0.3) is 17.2 Å². The zero-order valence-electron chi connectivity index (χ0n) is 29.5. The number of aryl methyl sites for hydroxylation is 1. The van der Waals surface area contributed by atoms with E-state index in [-0.39, 0.29) is 18.4 Å². The molecule has 1 atom stereocenters. The topological polar surface area (TPSA) is 149 Å². The van der Waals surface area contributed by atoms with Crippen LogP contribution in [0, 0.1) is 0 Å². The number of phenols is 1. The molecule has 1 aliphatic heterocycles. The molecule has 0 unspecified atom stereocenters. The number of aromatic nitrogens is 1. The highest BCUT2D eigenvalue weighted by atomic mass is 32.1. The molecule has 4 heterocycles. The van der Waals surface area contributed by atoms with Crippen LogP contribution < -0.4 is 16.4 Å². The number of rotatable bonds is 14. The number of thiophene rings is 2. The van der Waals surface area contributed by atoms with Crippen molar-refractivity contribution < 1.29 is 29.3 Å². The molecular formula is C40H44N4O7S2. The Morgan fingerprint density at radius 1 is 1.11 bits per heavy atom. The Hall–Kier alpha value is -4.50. The molecule has 0 amide bonds. The van der Waals surface area contributed by atoms with E-state index in [4.69, 9.17) is 9.15 Å². The number of carbonyl (C=O) groups excluding carboxylic acids is 1. The van der Waals surface area contributed by atoms with E-state index in [1.54, 1.807) is 34.9 Å². The summed E-state index contributed by atoms with van der Waals surface area (Å²) < 4.78 is 13.2. The van der Waals surface area contributed by atoms with Gasteiger partial charge in [0.1, 0.15) is 11.9 Å². The number of nitrogens with zero attached hydrogens (tertiary/aromatic N) is 2. The van der Waals surface area contributed by atoms with Crippen molar-refractivity contribution in [2.45, 2.75) is 69.0 Å². The molecule has 13 heteroatoms. The zero-order chi connectivity index (χ0) is 37.1. The summed E-state index contributed by atoms with van der Waals surface area (Å²) >= 11 is 2.68. The second-order valence-corrected chi connectivity index (χ2v) is 15.6. The van der Waals surface area contributed by atoms with Crippen LogP contribution in [-0.4, -0.2) is 63.0 Å². The highest BCUT2D eigenvalue weighted by Crippen LogP contribution is 2.39. The van der Waals surface area contributed by atoms with Crippen LogP contribution in [-0.2, 0) is 28.2 Å². The van der Waals surface area contributed by atoms with Gasteiger partial charge in [0.15, 0.2) is 5.58 Å². The molecule has 1 fully saturated rings. The fourth-order valence-electron chi connectivity index (χ4n) is 7.30. The van der Waals surface area contributed by atoms with E-state index >= 15 is 0 Å². The molecule has 2 aromatic carbocycles. The van der Waals surface area contributed by atoms with Crippen LogP contribution in [0.3, 0.4) is 0 Å². The number of allylic oxidation sites excluding steroid dienone is 1. The molecule has 5 aromatic rings. The molecular weight excluding hydrogens is 713 g/mol. The van der Waals surface area contributed by atoms with Gasteiger partial charge in [0.25, 0.3) is 0 Å². The third kappa shape index (κ3) is 7.77. The molecule has 53 heavy (non-hydrogen) atoms. The Morgan fingerprint density at radius 2 is 1.85 bits per heavy atom. The first-order chi connectivity index (χ1) is 25.6. The van der Waals surface area contributed by atoms with Crippen molar-refractivity contribution in [2.24, 2.45) is 0 Å². The van der Waals surface area contributed by atoms with E-state index < -0.39 is 23.4 Å². The molecule has 2 aliphatic rings. The van der Waals surface area contributed by atoms with E-state index in [2.05, 4.69) is 29.2 Å². The minimum Gasteiger partial charge on any atom is -0.506 e. The molecule has 0 spiro atoms. The molecule has 0 saturated heterocycles. The molecule has 1 saturated carbocycles. The monoisotopic (exact) mass is 756 g/mol. The van der Waals surface area contributed by atoms with Crippen LogP contribution in [0.1, 0.15) is 64.7 Å². The lowest BCUT2D eigenvalue weighted by Gasteiger charge is -2.35. The lowest BCUT2D eigenvalue weighted by molar-refractivity contribution is -0.169. The van der Waals surface area contributed by atoms with Crippen molar-refractivity contribution in [1.82, 2.24) is 14.8 Å². The number of fused-ring (bicyclic) bond motifs is 2. The number of nitrogens with one attached hydrogen (secondary N) is 2. The van der Waals surface area contributed by atoms with Crippen LogP contribution in [0.4, 0.5) is 5.69 Å². The number of aliphatic hydroxyl groups excluding tert-OH is 1. The number of hydrogen-bond donors (Lipinski definition) is 5. The van der Waals surface area contributed by atoms with Crippen molar-refractivity contribution in [3.8, 4) is 5.75 Å². The Morgan fingerprint density at radius 3 is 2.55 bits per heavy atom. The maximum atomic E-state index is 13.4. The average Bonchev–Trinajstić information content (AvgIpc) is 3.95. The third-order valence-electron chi connectivity index (χ3n) is 10.2. The number of hydrogen-bond acceptors (Lipinski definition) is 12. The van der Waals surface area contributed by atoms with Crippen molar-refractivity contribution >= 4 is 51.5 Å². The standard InChI is InChI=1S/C40H44N4O7S2/c1-25-8-14-30-29(15-17-32(45)37(30)42-25)33(46)24-41-23-26-9-16-31-34(22-26)51-39(48)44(31)19-5-18-43(2)27-10-12-28(13-11-27)50-38(47)40(49,35-6-3-20-52-35)36-7-4-21-53-36/h3-4,6-9,14-17,20-22,27-28,33,41-42,45-46,49H,1,5,10-13,18-19,23-24H2,2H3/t27?,28?,33-/m0/s1. The highest BCUT2D eigenvalue weighted by Gasteiger charge is 2.45. The largest absolute Gasteiger partial charge is 0.506 e. The van der Waals surface area contributed by atoms with Crippen LogP contribution in [0.2, 0.25) is 0 Å². The predicted octanol–water partition coefficient (Wildman–Crippen LogP) is 6.31. The Kier molecular flexibility index (Phi) is 11.0. The molecule has 0 bridgehead atoms. The third-order valence-corrected chi connectivity index (χ3v) is 12.2. The minimum atomic E-state index is -1.80. The number of ether oxygens (including phenoxy) is 1. The van der Waals surface area contributed by atoms with Crippen LogP contribution in [0.15, 0.2) is 92.9 Å². The van der Waals surface area contributed by atoms with Gasteiger partial charge in [-0.1, -0.05) is 36.9 Å². The van der Waals surface area contributed by atoms with Gasteiger partial charge in [0.2, 0.25) is 5.60 Å². The Balaban J connectivity index is 0.876. The molecule has 278 valence electrons. The van der Waals surface area contributed by atoms with Gasteiger partial charge in [-0.25, -0.2) is 9.59 Å². The molecule has 5 N–H and O–H groups in total. The van der Waals surface area contributed by atoms with Crippen molar-refractivity contribution in [2.75, 3.05) is 25.5 Å². The Bertz CT molecular complexity index is 2110. The quantitative estimate of drug-likeness (QED) is 0.0645. The van der Waals surface area contributed by atoms with Gasteiger partial charge in [0.05, 0.1) is 27.1 Å². The van der Waals surface area contributed by atoms with Gasteiger partial charge < -0.3 is 40.0 Å². The van der Waals surface area contributed by atoms with Gasteiger partial charge in [-0.2, -0.15) is 0 Å². The van der Waals surface area contributed by atoms with E-state index in [9.17, 15) is 24.9 Å². The SMILES string of the molecule is C=C1C=Cc2c([C@@H](O)CNCc3ccc4c(c3)oc(=O)n4CCCN(C)C3CCC(OC(=O)C(O)(c4cccs4)c4cccs4)CC3)ccc(O)c2N1. The van der Waals surface area contributed by atoms with Crippen LogP contribution >= 0.6 is 22.7 Å². The first kappa shape index (κ1) is 36.8. The summed E-state index contributed by atoms with van der Waals surface area (Å²) in [5.74, 6) is -0.915. The van der Waals surface area contributed by atoms with Crippen molar-refractivity contribution in [3.05, 3.63) is 121 Å². The normalized spacial score (nSPS) is 17.9. The average molecular weight is 757 g/mol. The van der Waals surface area contributed by atoms with Crippen LogP contribution in [0.5, 0.6) is 5.75 Å². The number of aliphatic hydroxyl groups is 2. The van der Waals surface area contributed by atoms with Gasteiger partial charge >= 0.3 is 11.7 Å². The smallest absolute Gasteiger partial charge is 0.419 e. The second-order valence-electron chi connectivity index (χ2n) is 13.7. The summed E-state index contributed by atoms with van der Waals surface area (Å²) in [4.78, 5) is 29.6. The van der Waals surface area contributed by atoms with E-state index in [0.717, 1.165) is 55.3 Å². The second kappa shape index (κ2) is 15.8. The maximum Gasteiger partial charge on any atom is 0.419 e. The van der Waals surface area contributed by atoms with E-state index in [0.29, 0.717) is 51.4 Å². The highest BCUT2D eigenvalue weighted by molar-refractivity contribution is 7.12. The number of phenolic OH excluding ortho intramolecular Hbond substituents is 1. The van der Waals surface area contributed by atoms with Gasteiger partial charge in [-0.05, 0) is 104 Å². The fraction of sp³-hybridized carbons (Fsp3) is 0.350. The number of anilines is 1. The summed E-state index contributed by atoms with van der Waals surface area (Å²) in [5, 5.41) is 42.8. The molecule has 3 aromatic heterocycles. The number of oxazole rings is 1. The Labute approximate surface area is 315 Å². The first-order valence-electron chi connectivity index (χ1n) is 17.8. The zero-order valence-corrected chi connectivity index (χ0v) is 31.1. The lowest BCUT2D eigenvalue weighted by Crippen LogP contribution is -2.42. The van der Waals surface area contributed by atoms with Gasteiger partial charge in [-0.15, -0.1) is 22.7 Å². The molecule has 7 rings (SSSR count). The molecule has 1 aliphatic carbocycles. The number of aromatic hydroxyl groups is 1. The maximum absolute atomic E-state index is 13.4. The molecule has 11 nitrogen and oxygen atoms in total. The number of carbonyl (C=O) groups is 1. The summed E-state index contributed by atoms with van der Waals surface area (Å²) in [6.07, 6.45) is 6.51. The summed E-state index contributed by atoms with van der Waals surface area (Å²) in [7, 11) is 2.09. The van der Waals surface area contributed by atoms with Gasteiger partial charge in [-0.3, -0.25) is 4.57 Å². The van der Waals surface area contributed by atoms with Gasteiger partial charge in [0, 0.05) is 36.9 Å². The molecule has 0 radical (unpaired) electrons. The van der Waals surface area contributed by atoms with E-state index in [1.807, 2.05) is 47.2 Å². The first-order valence-corrected chi connectivity index (χ1v) is 19.6. The lowest BCUT2D eigenvalue weighted by atomic mass is 9.91. The van der Waals surface area contributed by atoms with Crippen molar-refractivity contribution in [1.29, 1.82) is 0 Å². The van der Waals surface area contributed by atoms with Crippen molar-refractivity contribution in [3.63, 3.8) is 0 Å². The summed E-state index contributed by atoms with van der Waals surface area (Å²) in [6, 6.07) is 16.5. The number of esters is 1. The predicted molar refractivity (Wildman–Crippen MR) is 208 cm³/mol. The fourth-order valence-corrected chi connectivity index (χ4v) is 9.01. The summed E-state index contributed by atoms with van der Waals surface area (Å²) in [6.45, 7) is 5.93. The minimum absolute atomic E-state index is 0.0958. The summed E-state index contributed by atoms with van der Waals surface area (Å²) in [5.41, 5.74) is 2.98. The van der Waals surface area contributed by atoms with E-state index in [1.165, 1.54) is 22.7 Å².